The zero-order valence-electron chi connectivity index (χ0n) is 18.7. The van der Waals surface area contributed by atoms with Gasteiger partial charge in [-0.05, 0) is 43.3 Å². The van der Waals surface area contributed by atoms with E-state index in [-0.39, 0.29) is 21.4 Å². The molecule has 0 radical (unpaired) electrons. The van der Waals surface area contributed by atoms with E-state index in [1.54, 1.807) is 48.5 Å². The highest BCUT2D eigenvalue weighted by molar-refractivity contribution is 6.46. The van der Waals surface area contributed by atoms with Crippen molar-refractivity contribution in [3.63, 3.8) is 0 Å². The van der Waals surface area contributed by atoms with E-state index in [4.69, 9.17) is 27.9 Å². The minimum absolute atomic E-state index is 0.0898. The summed E-state index contributed by atoms with van der Waals surface area (Å²) in [6.07, 6.45) is 0. The molecule has 35 heavy (non-hydrogen) atoms. The number of carbonyl (C=O) groups is 3. The van der Waals surface area contributed by atoms with E-state index >= 15 is 0 Å². The van der Waals surface area contributed by atoms with Crippen molar-refractivity contribution >= 4 is 63.2 Å². The van der Waals surface area contributed by atoms with Crippen LogP contribution in [-0.4, -0.2) is 29.5 Å². The van der Waals surface area contributed by atoms with Crippen LogP contribution in [0.2, 0.25) is 10.0 Å². The van der Waals surface area contributed by atoms with Gasteiger partial charge in [0, 0.05) is 11.1 Å². The third kappa shape index (κ3) is 5.08. The van der Waals surface area contributed by atoms with Crippen LogP contribution in [0.4, 0.5) is 11.4 Å². The molecular weight excluding hydrogens is 491 g/mol. The number of para-hydroxylation sites is 1. The van der Waals surface area contributed by atoms with Gasteiger partial charge in [0.2, 0.25) is 0 Å². The maximum atomic E-state index is 13.2. The summed E-state index contributed by atoms with van der Waals surface area (Å²) in [4.78, 5) is 38.6. The number of amides is 3. The number of methoxy groups -OCH3 is 1. The first-order valence-corrected chi connectivity index (χ1v) is 11.2. The van der Waals surface area contributed by atoms with Gasteiger partial charge in [-0.1, -0.05) is 59.1 Å². The van der Waals surface area contributed by atoms with Gasteiger partial charge in [0.25, 0.3) is 5.91 Å². The van der Waals surface area contributed by atoms with Crippen LogP contribution in [0.3, 0.4) is 0 Å². The van der Waals surface area contributed by atoms with Crippen molar-refractivity contribution in [2.24, 2.45) is 0 Å². The molecule has 8 nitrogen and oxygen atoms in total. The van der Waals surface area contributed by atoms with Gasteiger partial charge in [-0.2, -0.15) is 0 Å². The quantitative estimate of drug-likeness (QED) is 0.320. The topological polar surface area (TPSA) is 101 Å². The zero-order chi connectivity index (χ0) is 25.1. The molecule has 1 aromatic heterocycles. The number of nitrogens with one attached hydrogen (secondary N) is 3. The van der Waals surface area contributed by atoms with Crippen LogP contribution in [-0.2, 0) is 9.59 Å². The Bertz CT molecular complexity index is 1450. The third-order valence-corrected chi connectivity index (χ3v) is 5.99. The molecule has 4 rings (SSSR count). The first-order valence-electron chi connectivity index (χ1n) is 10.4. The number of ether oxygens (including phenoxy) is 1. The molecule has 0 aliphatic heterocycles. The van der Waals surface area contributed by atoms with Gasteiger partial charge in [-0.3, -0.25) is 19.8 Å². The number of carbonyl (C=O) groups excluding carboxylic acids is 3. The highest BCUT2D eigenvalue weighted by Crippen LogP contribution is 2.30. The van der Waals surface area contributed by atoms with Crippen LogP contribution in [0, 0.1) is 6.92 Å². The average Bonchev–Trinajstić information content (AvgIpc) is 3.22. The number of aromatic nitrogens is 1. The third-order valence-electron chi connectivity index (χ3n) is 5.17. The van der Waals surface area contributed by atoms with E-state index in [1.165, 1.54) is 17.9 Å². The summed E-state index contributed by atoms with van der Waals surface area (Å²) in [6, 6.07) is 18.7. The summed E-state index contributed by atoms with van der Waals surface area (Å²) in [6.45, 7) is 1.94. The van der Waals surface area contributed by atoms with Crippen molar-refractivity contribution in [3.05, 3.63) is 88.0 Å². The Morgan fingerprint density at radius 2 is 1.60 bits per heavy atom. The van der Waals surface area contributed by atoms with Gasteiger partial charge in [-0.25, -0.2) is 4.68 Å². The fourth-order valence-electron chi connectivity index (χ4n) is 3.44. The van der Waals surface area contributed by atoms with Crippen molar-refractivity contribution in [1.29, 1.82) is 0 Å². The van der Waals surface area contributed by atoms with E-state index in [2.05, 4.69) is 16.1 Å². The lowest BCUT2D eigenvalue weighted by molar-refractivity contribution is -0.133. The van der Waals surface area contributed by atoms with Crippen LogP contribution in [0.1, 0.15) is 16.1 Å². The van der Waals surface area contributed by atoms with Crippen molar-refractivity contribution in [2.45, 2.75) is 6.92 Å². The molecule has 10 heteroatoms. The minimum atomic E-state index is -1.03. The number of nitrogens with zero attached hydrogens (tertiary/aromatic N) is 1. The lowest BCUT2D eigenvalue weighted by atomic mass is 10.2. The molecule has 0 aliphatic carbocycles. The van der Waals surface area contributed by atoms with E-state index in [9.17, 15) is 14.4 Å². The summed E-state index contributed by atoms with van der Waals surface area (Å²) in [5, 5.41) is 6.16. The maximum absolute atomic E-state index is 13.2. The molecule has 0 aliphatic rings. The Hall–Kier alpha value is -4.01. The summed E-state index contributed by atoms with van der Waals surface area (Å²) in [5.74, 6) is -2.13. The van der Waals surface area contributed by atoms with Crippen molar-refractivity contribution in [2.75, 3.05) is 23.2 Å². The summed E-state index contributed by atoms with van der Waals surface area (Å²) < 4.78 is 6.64. The number of hydrogen-bond acceptors (Lipinski definition) is 4. The molecule has 3 aromatic carbocycles. The number of halogens is 2. The molecule has 0 bridgehead atoms. The number of aryl methyl sites for hydroxylation is 1. The molecule has 0 atom stereocenters. The predicted molar refractivity (Wildman–Crippen MR) is 137 cm³/mol. The number of rotatable bonds is 5. The molecule has 3 N–H and O–H groups in total. The Morgan fingerprint density at radius 1 is 0.886 bits per heavy atom. The van der Waals surface area contributed by atoms with Crippen LogP contribution >= 0.6 is 23.2 Å². The largest absolute Gasteiger partial charge is 0.494 e. The smallest absolute Gasteiger partial charge is 0.328 e. The lowest BCUT2D eigenvalue weighted by Crippen LogP contribution is -2.36. The summed E-state index contributed by atoms with van der Waals surface area (Å²) in [7, 11) is 1.47. The number of fused-ring (bicyclic) bond motifs is 1. The molecule has 0 fully saturated rings. The van der Waals surface area contributed by atoms with Gasteiger partial charge in [-0.15, -0.1) is 0 Å². The van der Waals surface area contributed by atoms with Gasteiger partial charge in [0.1, 0.15) is 17.0 Å². The van der Waals surface area contributed by atoms with Crippen LogP contribution in [0.15, 0.2) is 66.7 Å². The summed E-state index contributed by atoms with van der Waals surface area (Å²) >= 11 is 12.1. The second-order valence-electron chi connectivity index (χ2n) is 7.58. The van der Waals surface area contributed by atoms with Crippen LogP contribution < -0.4 is 20.8 Å². The molecule has 4 aromatic rings. The van der Waals surface area contributed by atoms with Crippen molar-refractivity contribution < 1.29 is 19.1 Å². The van der Waals surface area contributed by atoms with Crippen LogP contribution in [0.5, 0.6) is 5.75 Å². The second kappa shape index (κ2) is 10.1. The minimum Gasteiger partial charge on any atom is -0.494 e. The van der Waals surface area contributed by atoms with Crippen molar-refractivity contribution in [1.82, 2.24) is 4.68 Å². The van der Waals surface area contributed by atoms with Crippen molar-refractivity contribution in [3.8, 4) is 5.75 Å². The first kappa shape index (κ1) is 24.1. The molecule has 0 saturated heterocycles. The van der Waals surface area contributed by atoms with Gasteiger partial charge in [0.05, 0.1) is 22.8 Å². The SMILES string of the molecule is COc1cccc2cc(C(=O)Nc3ccc(C)cc3)n(NC(=O)C(=O)Nc3cccc(Cl)c3Cl)c12. The molecular formula is C25H20Cl2N4O4. The van der Waals surface area contributed by atoms with Gasteiger partial charge < -0.3 is 15.4 Å². The predicted octanol–water partition coefficient (Wildman–Crippen LogP) is 5.23. The van der Waals surface area contributed by atoms with Crippen LogP contribution in [0.25, 0.3) is 10.9 Å². The van der Waals surface area contributed by atoms with E-state index in [0.717, 1.165) is 5.56 Å². The highest BCUT2D eigenvalue weighted by atomic mass is 35.5. The molecule has 178 valence electrons. The van der Waals surface area contributed by atoms with Gasteiger partial charge in [0.15, 0.2) is 0 Å². The van der Waals surface area contributed by atoms with E-state index in [0.29, 0.717) is 22.3 Å². The van der Waals surface area contributed by atoms with Gasteiger partial charge >= 0.3 is 11.8 Å². The zero-order valence-corrected chi connectivity index (χ0v) is 20.2. The Balaban J connectivity index is 1.67. The number of benzene rings is 3. The Morgan fingerprint density at radius 3 is 2.31 bits per heavy atom. The molecule has 1 heterocycles. The monoisotopic (exact) mass is 510 g/mol. The number of hydrogen-bond donors (Lipinski definition) is 3. The normalized spacial score (nSPS) is 10.6. The molecule has 0 unspecified atom stereocenters. The Labute approximate surface area is 210 Å². The second-order valence-corrected chi connectivity index (χ2v) is 8.36. The number of anilines is 2. The van der Waals surface area contributed by atoms with E-state index in [1.807, 2.05) is 19.1 Å². The first-order chi connectivity index (χ1) is 16.8. The fraction of sp³-hybridized carbons (Fsp3) is 0.0800. The molecule has 0 saturated carbocycles. The standard InChI is InChI=1S/C25H20Cl2N4O4/c1-14-9-11-16(12-10-14)28-23(32)19-13-15-5-3-8-20(35-2)22(15)31(19)30-25(34)24(33)29-18-7-4-6-17(26)21(18)27/h3-13H,1-2H3,(H,28,32)(H,29,33)(H,30,34). The average molecular weight is 511 g/mol. The van der Waals surface area contributed by atoms with E-state index < -0.39 is 17.7 Å². The maximum Gasteiger partial charge on any atom is 0.328 e. The molecule has 3 amide bonds. The lowest BCUT2D eigenvalue weighted by Gasteiger charge is -2.14. The fourth-order valence-corrected chi connectivity index (χ4v) is 3.79. The summed E-state index contributed by atoms with van der Waals surface area (Å²) in [5.41, 5.74) is 4.77. The molecule has 0 spiro atoms. The highest BCUT2D eigenvalue weighted by Gasteiger charge is 2.23. The Kier molecular flexibility index (Phi) is 6.95.